The fourth-order valence-electron chi connectivity index (χ4n) is 3.76. The van der Waals surface area contributed by atoms with Gasteiger partial charge in [0.1, 0.15) is 11.9 Å². The summed E-state index contributed by atoms with van der Waals surface area (Å²) in [5, 5.41) is 9.22. The van der Waals surface area contributed by atoms with Crippen molar-refractivity contribution in [2.24, 2.45) is 5.92 Å². The van der Waals surface area contributed by atoms with E-state index in [1.54, 1.807) is 6.07 Å². The summed E-state index contributed by atoms with van der Waals surface area (Å²) in [6.45, 7) is 5.33. The lowest BCUT2D eigenvalue weighted by molar-refractivity contribution is -0.137. The summed E-state index contributed by atoms with van der Waals surface area (Å²) < 4.78 is 63.6. The molecule has 0 spiro atoms. The molecule has 1 aromatic heterocycles. The van der Waals surface area contributed by atoms with E-state index in [-0.39, 0.29) is 28.2 Å². The van der Waals surface area contributed by atoms with E-state index in [4.69, 9.17) is 0 Å². The van der Waals surface area contributed by atoms with E-state index in [1.165, 1.54) is 18.3 Å². The minimum atomic E-state index is -4.45. The Bertz CT molecular complexity index is 1110. The summed E-state index contributed by atoms with van der Waals surface area (Å²) >= 11 is 0. The molecule has 31 heavy (non-hydrogen) atoms. The molecule has 0 bridgehead atoms. The van der Waals surface area contributed by atoms with Gasteiger partial charge in [0, 0.05) is 37.8 Å². The Hall–Kier alpha value is -2.80. The molecule has 0 saturated carbocycles. The van der Waals surface area contributed by atoms with Crippen LogP contribution >= 0.6 is 0 Å². The second kappa shape index (κ2) is 8.38. The molecule has 0 N–H and O–H groups in total. The van der Waals surface area contributed by atoms with Gasteiger partial charge in [-0.25, -0.2) is 13.4 Å². The molecule has 1 fully saturated rings. The van der Waals surface area contributed by atoms with E-state index >= 15 is 0 Å². The molecule has 0 unspecified atom stereocenters. The minimum absolute atomic E-state index is 0.0319. The number of hydrogen-bond donors (Lipinski definition) is 0. The SMILES string of the molecule is CC(C)[C@@H]1CN(c2ccc(C#N)c(S(C)(=O)=O)c2)CCN1c1cc(C(F)(F)F)ccn1. The standard InChI is InChI=1S/C21H23F3N4O2S/c1-14(2)18-13-27(17-5-4-15(12-25)19(11-17)31(3,29)30)8-9-28(18)20-10-16(6-7-26-20)21(22,23)24/h4-7,10-11,14,18H,8-9,13H2,1-3H3/t18-/m0/s1. The molecule has 0 aliphatic carbocycles. The van der Waals surface area contributed by atoms with E-state index in [0.717, 1.165) is 18.4 Å². The van der Waals surface area contributed by atoms with Gasteiger partial charge in [0.25, 0.3) is 0 Å². The Morgan fingerprint density at radius 1 is 1.19 bits per heavy atom. The van der Waals surface area contributed by atoms with Crippen LogP contribution in [0.1, 0.15) is 25.0 Å². The van der Waals surface area contributed by atoms with Gasteiger partial charge in [-0.2, -0.15) is 18.4 Å². The maximum absolute atomic E-state index is 13.1. The number of alkyl halides is 3. The Balaban J connectivity index is 1.92. The number of pyridine rings is 1. The van der Waals surface area contributed by atoms with Crippen molar-refractivity contribution in [2.45, 2.75) is 31.0 Å². The van der Waals surface area contributed by atoms with E-state index < -0.39 is 21.6 Å². The minimum Gasteiger partial charge on any atom is -0.368 e. The maximum atomic E-state index is 13.1. The van der Waals surface area contributed by atoms with Gasteiger partial charge in [-0.05, 0) is 36.2 Å². The summed E-state index contributed by atoms with van der Waals surface area (Å²) in [5.74, 6) is 0.372. The topological polar surface area (TPSA) is 77.3 Å². The predicted molar refractivity (Wildman–Crippen MR) is 112 cm³/mol. The van der Waals surface area contributed by atoms with Gasteiger partial charge in [-0.3, -0.25) is 0 Å². The molecular weight excluding hydrogens is 429 g/mol. The van der Waals surface area contributed by atoms with Crippen molar-refractivity contribution in [3.05, 3.63) is 47.7 Å². The average molecular weight is 453 g/mol. The van der Waals surface area contributed by atoms with Crippen molar-refractivity contribution in [1.82, 2.24) is 4.98 Å². The van der Waals surface area contributed by atoms with Crippen molar-refractivity contribution in [3.8, 4) is 6.07 Å². The van der Waals surface area contributed by atoms with Gasteiger partial charge in [0.15, 0.2) is 9.84 Å². The summed E-state index contributed by atoms with van der Waals surface area (Å²) in [6, 6.07) is 8.45. The summed E-state index contributed by atoms with van der Waals surface area (Å²) in [4.78, 5) is 8.00. The van der Waals surface area contributed by atoms with Crippen LogP contribution in [0.15, 0.2) is 41.4 Å². The number of aromatic nitrogens is 1. The molecular formula is C21H23F3N4O2S. The van der Waals surface area contributed by atoms with Crippen LogP contribution in [0.5, 0.6) is 0 Å². The van der Waals surface area contributed by atoms with Crippen LogP contribution in [0.25, 0.3) is 0 Å². The highest BCUT2D eigenvalue weighted by molar-refractivity contribution is 7.90. The second-order valence-electron chi connectivity index (χ2n) is 7.92. The van der Waals surface area contributed by atoms with Crippen LogP contribution in [-0.4, -0.2) is 45.3 Å². The number of halogens is 3. The van der Waals surface area contributed by atoms with Crippen molar-refractivity contribution in [2.75, 3.05) is 35.7 Å². The average Bonchev–Trinajstić information content (AvgIpc) is 2.71. The fraction of sp³-hybridized carbons (Fsp3) is 0.429. The molecule has 1 atom stereocenters. The highest BCUT2D eigenvalue weighted by atomic mass is 32.2. The molecule has 1 saturated heterocycles. The molecule has 2 heterocycles. The third-order valence-corrected chi connectivity index (χ3v) is 6.54. The smallest absolute Gasteiger partial charge is 0.368 e. The molecule has 0 amide bonds. The van der Waals surface area contributed by atoms with Crippen molar-refractivity contribution in [1.29, 1.82) is 5.26 Å². The van der Waals surface area contributed by atoms with Crippen molar-refractivity contribution < 1.29 is 21.6 Å². The Morgan fingerprint density at radius 2 is 1.90 bits per heavy atom. The molecule has 10 heteroatoms. The Labute approximate surface area is 179 Å². The number of nitriles is 1. The molecule has 1 aliphatic heterocycles. The van der Waals surface area contributed by atoms with Crippen LogP contribution in [0, 0.1) is 17.2 Å². The monoisotopic (exact) mass is 452 g/mol. The first-order valence-electron chi connectivity index (χ1n) is 9.71. The molecule has 6 nitrogen and oxygen atoms in total. The number of piperazine rings is 1. The molecule has 1 aromatic carbocycles. The lowest BCUT2D eigenvalue weighted by Gasteiger charge is -2.45. The maximum Gasteiger partial charge on any atom is 0.416 e. The molecule has 2 aromatic rings. The first-order valence-corrected chi connectivity index (χ1v) is 11.6. The Kier molecular flexibility index (Phi) is 6.18. The highest BCUT2D eigenvalue weighted by Gasteiger charge is 2.34. The summed E-state index contributed by atoms with van der Waals surface area (Å²) in [6.07, 6.45) is -2.22. The normalized spacial score (nSPS) is 17.7. The van der Waals surface area contributed by atoms with Crippen molar-refractivity contribution in [3.63, 3.8) is 0 Å². The van der Waals surface area contributed by atoms with Crippen LogP contribution in [0.4, 0.5) is 24.7 Å². The zero-order chi connectivity index (χ0) is 23.0. The number of sulfone groups is 1. The fourth-order valence-corrected chi connectivity index (χ4v) is 4.61. The largest absolute Gasteiger partial charge is 0.416 e. The molecule has 0 radical (unpaired) electrons. The van der Waals surface area contributed by atoms with Gasteiger partial charge < -0.3 is 9.80 Å². The van der Waals surface area contributed by atoms with Gasteiger partial charge in [-0.1, -0.05) is 13.8 Å². The quantitative estimate of drug-likeness (QED) is 0.704. The molecule has 166 valence electrons. The van der Waals surface area contributed by atoms with Gasteiger partial charge >= 0.3 is 6.18 Å². The zero-order valence-corrected chi connectivity index (χ0v) is 18.2. The van der Waals surface area contributed by atoms with Gasteiger partial charge in [0.2, 0.25) is 0 Å². The predicted octanol–water partition coefficient (Wildman–Crippen LogP) is 3.73. The van der Waals surface area contributed by atoms with Crippen LogP contribution < -0.4 is 9.80 Å². The third-order valence-electron chi connectivity index (χ3n) is 5.41. The van der Waals surface area contributed by atoms with Crippen LogP contribution in [-0.2, 0) is 16.0 Å². The number of nitrogens with zero attached hydrogens (tertiary/aromatic N) is 4. The second-order valence-corrected chi connectivity index (χ2v) is 9.90. The lowest BCUT2D eigenvalue weighted by Crippen LogP contribution is -2.56. The number of benzene rings is 1. The first kappa shape index (κ1) is 22.9. The summed E-state index contributed by atoms with van der Waals surface area (Å²) in [7, 11) is -3.59. The van der Waals surface area contributed by atoms with E-state index in [2.05, 4.69) is 4.98 Å². The zero-order valence-electron chi connectivity index (χ0n) is 17.4. The lowest BCUT2D eigenvalue weighted by atomic mass is 9.98. The summed E-state index contributed by atoms with van der Waals surface area (Å²) in [5.41, 5.74) is -0.00694. The number of rotatable bonds is 4. The third kappa shape index (κ3) is 4.93. The van der Waals surface area contributed by atoms with Crippen LogP contribution in [0.2, 0.25) is 0 Å². The first-order chi connectivity index (χ1) is 14.4. The van der Waals surface area contributed by atoms with Gasteiger partial charge in [0.05, 0.1) is 22.1 Å². The Morgan fingerprint density at radius 3 is 2.48 bits per heavy atom. The van der Waals surface area contributed by atoms with E-state index in [0.29, 0.717) is 25.3 Å². The van der Waals surface area contributed by atoms with Crippen LogP contribution in [0.3, 0.4) is 0 Å². The number of anilines is 2. The highest BCUT2D eigenvalue weighted by Crippen LogP contribution is 2.33. The van der Waals surface area contributed by atoms with E-state index in [9.17, 15) is 26.9 Å². The molecule has 1 aliphatic rings. The molecule has 3 rings (SSSR count). The number of hydrogen-bond acceptors (Lipinski definition) is 6. The van der Waals surface area contributed by atoms with E-state index in [1.807, 2.05) is 29.7 Å². The van der Waals surface area contributed by atoms with Gasteiger partial charge in [-0.15, -0.1) is 0 Å². The van der Waals surface area contributed by atoms with Crippen molar-refractivity contribution >= 4 is 21.3 Å².